The van der Waals surface area contributed by atoms with Crippen molar-refractivity contribution < 1.29 is 23.2 Å². The van der Waals surface area contributed by atoms with E-state index in [4.69, 9.17) is 18.6 Å². The van der Waals surface area contributed by atoms with Crippen molar-refractivity contribution in [1.29, 1.82) is 0 Å². The third kappa shape index (κ3) is 8.13. The lowest BCUT2D eigenvalue weighted by Crippen LogP contribution is -2.38. The van der Waals surface area contributed by atoms with Crippen molar-refractivity contribution in [3.8, 4) is 0 Å². The van der Waals surface area contributed by atoms with Crippen molar-refractivity contribution in [3.63, 3.8) is 0 Å². The molecule has 0 aliphatic rings. The van der Waals surface area contributed by atoms with Gasteiger partial charge in [0.1, 0.15) is 0 Å². The van der Waals surface area contributed by atoms with Crippen LogP contribution in [-0.2, 0) is 13.4 Å². The van der Waals surface area contributed by atoms with Gasteiger partial charge in [-0.15, -0.1) is 0 Å². The standard InChI is InChI=1S/C8H21O5PSi/c1-4-12-15(3,13-5-2)8-6-7-14(9,10)11/h4-8H2,1-3H3,(H2,9,10,11). The van der Waals surface area contributed by atoms with Gasteiger partial charge < -0.3 is 18.6 Å². The largest absolute Gasteiger partial charge is 0.395 e. The molecule has 0 atom stereocenters. The van der Waals surface area contributed by atoms with Crippen LogP contribution in [0.2, 0.25) is 12.6 Å². The summed E-state index contributed by atoms with van der Waals surface area (Å²) in [7, 11) is -6.07. The molecule has 5 nitrogen and oxygen atoms in total. The third-order valence-electron chi connectivity index (χ3n) is 1.98. The van der Waals surface area contributed by atoms with E-state index in [2.05, 4.69) is 0 Å². The predicted octanol–water partition coefficient (Wildman–Crippen LogP) is 1.70. The first-order valence-corrected chi connectivity index (χ1v) is 9.47. The summed E-state index contributed by atoms with van der Waals surface area (Å²) in [6.07, 6.45) is 0.364. The maximum absolute atomic E-state index is 10.7. The highest BCUT2D eigenvalue weighted by Crippen LogP contribution is 2.36. The molecule has 0 radical (unpaired) electrons. The van der Waals surface area contributed by atoms with Crippen LogP contribution in [0.3, 0.4) is 0 Å². The Morgan fingerprint density at radius 1 is 1.20 bits per heavy atom. The van der Waals surface area contributed by atoms with Crippen molar-refractivity contribution in [1.82, 2.24) is 0 Å². The molecule has 0 aliphatic carbocycles. The van der Waals surface area contributed by atoms with E-state index in [1.165, 1.54) is 0 Å². The predicted molar refractivity (Wildman–Crippen MR) is 61.2 cm³/mol. The van der Waals surface area contributed by atoms with Gasteiger partial charge in [0.25, 0.3) is 0 Å². The average molecular weight is 256 g/mol. The molecule has 0 unspecified atom stereocenters. The van der Waals surface area contributed by atoms with Crippen molar-refractivity contribution >= 4 is 16.2 Å². The Morgan fingerprint density at radius 3 is 2.00 bits per heavy atom. The molecule has 0 saturated carbocycles. The van der Waals surface area contributed by atoms with Gasteiger partial charge in [0.05, 0.1) is 0 Å². The molecule has 0 saturated heterocycles. The van der Waals surface area contributed by atoms with E-state index in [0.29, 0.717) is 25.7 Å². The molecule has 92 valence electrons. The van der Waals surface area contributed by atoms with Crippen molar-refractivity contribution in [2.75, 3.05) is 19.4 Å². The van der Waals surface area contributed by atoms with Gasteiger partial charge in [-0.1, -0.05) is 0 Å². The molecule has 15 heavy (non-hydrogen) atoms. The molecule has 0 aliphatic heterocycles. The summed E-state index contributed by atoms with van der Waals surface area (Å²) in [4.78, 5) is 17.4. The zero-order chi connectivity index (χ0) is 11.9. The van der Waals surface area contributed by atoms with E-state index in [1.54, 1.807) is 0 Å². The highest BCUT2D eigenvalue weighted by molar-refractivity contribution is 7.51. The van der Waals surface area contributed by atoms with Crippen LogP contribution < -0.4 is 0 Å². The van der Waals surface area contributed by atoms with E-state index in [9.17, 15) is 4.57 Å². The molecule has 0 aromatic rings. The molecule has 0 heterocycles. The van der Waals surface area contributed by atoms with E-state index >= 15 is 0 Å². The summed E-state index contributed by atoms with van der Waals surface area (Å²) in [6.45, 7) is 6.89. The van der Waals surface area contributed by atoms with Gasteiger partial charge in [-0.25, -0.2) is 0 Å². The maximum atomic E-state index is 10.7. The molecule has 7 heteroatoms. The molecule has 0 aromatic carbocycles. The summed E-state index contributed by atoms with van der Waals surface area (Å²) in [6, 6.07) is 0.625. The average Bonchev–Trinajstić information content (AvgIpc) is 2.01. The van der Waals surface area contributed by atoms with E-state index in [0.717, 1.165) is 0 Å². The van der Waals surface area contributed by atoms with Crippen molar-refractivity contribution in [3.05, 3.63) is 0 Å². The van der Waals surface area contributed by atoms with Crippen molar-refractivity contribution in [2.24, 2.45) is 0 Å². The summed E-state index contributed by atoms with van der Waals surface area (Å²) in [5, 5.41) is 0. The highest BCUT2D eigenvalue weighted by Gasteiger charge is 2.31. The van der Waals surface area contributed by atoms with Gasteiger partial charge >= 0.3 is 16.2 Å². The normalized spacial score (nSPS) is 13.1. The zero-order valence-corrected chi connectivity index (χ0v) is 11.5. The Balaban J connectivity index is 4.01. The quantitative estimate of drug-likeness (QED) is 0.510. The highest BCUT2D eigenvalue weighted by atomic mass is 31.2. The second kappa shape index (κ2) is 6.78. The maximum Gasteiger partial charge on any atom is 0.334 e. The fraction of sp³-hybridized carbons (Fsp3) is 1.00. The smallest absolute Gasteiger partial charge is 0.334 e. The van der Waals surface area contributed by atoms with Gasteiger partial charge in [0.15, 0.2) is 0 Å². The second-order valence-corrected chi connectivity index (χ2v) is 8.61. The number of hydrogen-bond donors (Lipinski definition) is 2. The monoisotopic (exact) mass is 256 g/mol. The Hall–Kier alpha value is 0.287. The molecule has 0 spiro atoms. The van der Waals surface area contributed by atoms with Crippen LogP contribution in [0.5, 0.6) is 0 Å². The van der Waals surface area contributed by atoms with Crippen LogP contribution in [0.25, 0.3) is 0 Å². The molecule has 0 rings (SSSR count). The number of rotatable bonds is 8. The summed E-state index contributed by atoms with van der Waals surface area (Å²) in [5.41, 5.74) is 0. The summed E-state index contributed by atoms with van der Waals surface area (Å²) >= 11 is 0. The Morgan fingerprint density at radius 2 is 1.67 bits per heavy atom. The minimum absolute atomic E-state index is 0.0876. The lowest BCUT2D eigenvalue weighted by Gasteiger charge is -2.25. The Bertz CT molecular complexity index is 211. The first-order valence-electron chi connectivity index (χ1n) is 5.15. The number of hydrogen-bond acceptors (Lipinski definition) is 3. The molecule has 0 fully saturated rings. The molecule has 0 bridgehead atoms. The molecule has 0 aromatic heterocycles. The SMILES string of the molecule is CCO[Si](C)(CCCP(=O)(O)O)OCC. The first kappa shape index (κ1) is 15.3. The minimum atomic E-state index is -3.88. The van der Waals surface area contributed by atoms with Crippen molar-refractivity contribution in [2.45, 2.75) is 32.9 Å². The van der Waals surface area contributed by atoms with E-state index < -0.39 is 16.2 Å². The first-order chi connectivity index (χ1) is 6.83. The van der Waals surface area contributed by atoms with Gasteiger partial charge in [-0.05, 0) is 32.9 Å². The lowest BCUT2D eigenvalue weighted by atomic mass is 10.6. The Labute approximate surface area is 92.2 Å². The third-order valence-corrected chi connectivity index (χ3v) is 5.94. The summed E-state index contributed by atoms with van der Waals surface area (Å²) in [5.74, 6) is 0. The molecular formula is C8H21O5PSi. The summed E-state index contributed by atoms with van der Waals surface area (Å²) < 4.78 is 21.8. The van der Waals surface area contributed by atoms with Crippen LogP contribution in [-0.4, -0.2) is 37.7 Å². The van der Waals surface area contributed by atoms with Crippen LogP contribution >= 0.6 is 7.60 Å². The molecule has 0 amide bonds. The Kier molecular flexibility index (Phi) is 6.91. The van der Waals surface area contributed by atoms with E-state index in [1.807, 2.05) is 20.4 Å². The van der Waals surface area contributed by atoms with E-state index in [-0.39, 0.29) is 6.16 Å². The molecule has 2 N–H and O–H groups in total. The van der Waals surface area contributed by atoms with Crippen LogP contribution in [0, 0.1) is 0 Å². The van der Waals surface area contributed by atoms with Crippen LogP contribution in [0.1, 0.15) is 20.3 Å². The lowest BCUT2D eigenvalue weighted by molar-refractivity contribution is 0.188. The van der Waals surface area contributed by atoms with Crippen LogP contribution in [0.4, 0.5) is 0 Å². The van der Waals surface area contributed by atoms with Gasteiger partial charge in [-0.2, -0.15) is 0 Å². The van der Waals surface area contributed by atoms with Gasteiger partial charge in [0.2, 0.25) is 0 Å². The molecular weight excluding hydrogens is 235 g/mol. The zero-order valence-electron chi connectivity index (χ0n) is 9.60. The fourth-order valence-corrected chi connectivity index (χ4v) is 4.68. The van der Waals surface area contributed by atoms with Gasteiger partial charge in [0, 0.05) is 19.4 Å². The minimum Gasteiger partial charge on any atom is -0.395 e. The van der Waals surface area contributed by atoms with Gasteiger partial charge in [-0.3, -0.25) is 4.57 Å². The topological polar surface area (TPSA) is 76.0 Å². The van der Waals surface area contributed by atoms with Crippen LogP contribution in [0.15, 0.2) is 0 Å². The second-order valence-electron chi connectivity index (χ2n) is 3.49. The fourth-order valence-electron chi connectivity index (χ4n) is 1.40.